The number of rotatable bonds is 7. The molecule has 2 aliphatic rings. The van der Waals surface area contributed by atoms with Gasteiger partial charge in [0.05, 0.1) is 12.0 Å². The highest BCUT2D eigenvalue weighted by molar-refractivity contribution is 7.17. The lowest BCUT2D eigenvalue weighted by molar-refractivity contribution is -0.133. The summed E-state index contributed by atoms with van der Waals surface area (Å²) in [5.41, 5.74) is 2.99. The Labute approximate surface area is 224 Å². The van der Waals surface area contributed by atoms with Gasteiger partial charge in [0.2, 0.25) is 0 Å². The first-order chi connectivity index (χ1) is 18.0. The summed E-state index contributed by atoms with van der Waals surface area (Å²) in [5, 5.41) is 11.8. The number of amides is 1. The molecule has 3 aromatic rings. The molecule has 2 aromatic heterocycles. The number of hydrogen-bond acceptors (Lipinski definition) is 5. The highest BCUT2D eigenvalue weighted by Gasteiger charge is 2.43. The van der Waals surface area contributed by atoms with Crippen molar-refractivity contribution >= 4 is 26.1 Å². The molecule has 1 aliphatic heterocycles. The fourth-order valence-electron chi connectivity index (χ4n) is 5.33. The third kappa shape index (κ3) is 4.80. The summed E-state index contributed by atoms with van der Waals surface area (Å²) < 4.78 is 27.3. The van der Waals surface area contributed by atoms with Gasteiger partial charge in [-0.3, -0.25) is 4.79 Å². The molecule has 3 heterocycles. The number of halogens is 1. The summed E-state index contributed by atoms with van der Waals surface area (Å²) in [6.45, 7) is 8.63. The Hall–Kier alpha value is -2.96. The minimum absolute atomic E-state index is 0.126. The molecule has 7 nitrogen and oxygen atoms in total. The minimum Gasteiger partial charge on any atom is -0.458 e. The van der Waals surface area contributed by atoms with Crippen LogP contribution in [0.5, 0.6) is 0 Å². The fourth-order valence-corrected chi connectivity index (χ4v) is 5.48. The lowest BCUT2D eigenvalue weighted by Crippen LogP contribution is -2.43. The van der Waals surface area contributed by atoms with Crippen LogP contribution in [0.1, 0.15) is 82.1 Å². The average molecular weight is 540 g/mol. The average Bonchev–Trinajstić information content (AvgIpc) is 3.44. The maximum absolute atomic E-state index is 14.7. The fraction of sp³-hybridized carbons (Fsp3) is 0.448. The lowest BCUT2D eigenvalue weighted by Gasteiger charge is -2.36. The molecule has 9 heteroatoms. The molecular weight excluding hydrogens is 504 g/mol. The molecule has 1 fully saturated rings. The number of hydrogen-bond donors (Lipinski definition) is 2. The number of nitrogens with one attached hydrogen (secondary N) is 1. The summed E-state index contributed by atoms with van der Waals surface area (Å²) in [6.07, 6.45) is 4.32. The quantitative estimate of drug-likeness (QED) is 0.217. The predicted molar refractivity (Wildman–Crippen MR) is 147 cm³/mol. The van der Waals surface area contributed by atoms with Gasteiger partial charge in [0.1, 0.15) is 34.7 Å². The van der Waals surface area contributed by atoms with E-state index in [2.05, 4.69) is 25.3 Å². The van der Waals surface area contributed by atoms with Crippen molar-refractivity contribution in [3.05, 3.63) is 76.0 Å². The van der Waals surface area contributed by atoms with E-state index in [1.807, 2.05) is 18.2 Å². The molecule has 1 saturated carbocycles. The van der Waals surface area contributed by atoms with Gasteiger partial charge in [0.15, 0.2) is 5.76 Å². The van der Waals surface area contributed by atoms with Gasteiger partial charge >= 0.3 is 0 Å². The molecule has 3 atom stereocenters. The van der Waals surface area contributed by atoms with Crippen molar-refractivity contribution < 1.29 is 23.4 Å². The second-order valence-electron chi connectivity index (χ2n) is 11.0. The van der Waals surface area contributed by atoms with Gasteiger partial charge in [0.25, 0.3) is 5.91 Å². The van der Waals surface area contributed by atoms with Gasteiger partial charge in [0, 0.05) is 35.2 Å². The third-order valence-corrected chi connectivity index (χ3v) is 7.76. The van der Waals surface area contributed by atoms with Crippen LogP contribution in [0.25, 0.3) is 11.0 Å². The molecule has 0 saturated heterocycles. The zero-order chi connectivity index (χ0) is 27.4. The van der Waals surface area contributed by atoms with Crippen molar-refractivity contribution in [1.82, 2.24) is 14.9 Å². The molecular formula is C29H35FN3O4P. The monoisotopic (exact) mass is 539 g/mol. The number of nitrogens with zero attached hydrogens (tertiary/aromatic N) is 2. The number of para-hydroxylation sites is 1. The number of allylic oxidation sites excluding steroid dienone is 2. The highest BCUT2D eigenvalue weighted by Crippen LogP contribution is 2.50. The van der Waals surface area contributed by atoms with Crippen molar-refractivity contribution in [3.8, 4) is 0 Å². The number of aromatic amines is 1. The molecule has 1 aliphatic carbocycles. The Kier molecular flexibility index (Phi) is 6.99. The molecule has 0 radical (unpaired) electrons. The number of ether oxygens (including phenoxy) is 1. The van der Waals surface area contributed by atoms with E-state index in [1.54, 1.807) is 38.9 Å². The number of benzene rings is 1. The van der Waals surface area contributed by atoms with E-state index in [0.717, 1.165) is 40.8 Å². The van der Waals surface area contributed by atoms with Gasteiger partial charge in [-0.15, -0.1) is 0 Å². The van der Waals surface area contributed by atoms with Gasteiger partial charge in [-0.2, -0.15) is 0 Å². The number of imidazole rings is 1. The maximum Gasteiger partial charge on any atom is 0.290 e. The number of aliphatic hydroxyl groups is 1. The lowest BCUT2D eigenvalue weighted by atomic mass is 9.94. The molecule has 1 aromatic carbocycles. The van der Waals surface area contributed by atoms with Gasteiger partial charge < -0.3 is 24.1 Å². The van der Waals surface area contributed by atoms with Crippen molar-refractivity contribution in [2.24, 2.45) is 0 Å². The van der Waals surface area contributed by atoms with Crippen molar-refractivity contribution in [3.63, 3.8) is 0 Å². The Morgan fingerprint density at radius 1 is 1.29 bits per heavy atom. The number of furan rings is 1. The first-order valence-corrected chi connectivity index (χ1v) is 13.7. The van der Waals surface area contributed by atoms with Crippen LogP contribution >= 0.6 is 9.24 Å². The normalized spacial score (nSPS) is 19.2. The van der Waals surface area contributed by atoms with Gasteiger partial charge in [-0.1, -0.05) is 27.4 Å². The van der Waals surface area contributed by atoms with E-state index in [1.165, 1.54) is 6.92 Å². The van der Waals surface area contributed by atoms with Crippen molar-refractivity contribution in [2.45, 2.75) is 77.4 Å². The zero-order valence-electron chi connectivity index (χ0n) is 22.5. The number of aromatic nitrogens is 2. The Morgan fingerprint density at radius 3 is 2.63 bits per heavy atom. The number of carbonyl (C=O) groups is 1. The molecule has 5 rings (SSSR count). The standard InChI is InChI=1S/C29H35FN3O4P/c1-15(2)26(29(4,5)35)37-24(16(3)27(30)38)28(34)33-13-12-19-22(32-14-31-19)23(33)25-21(17-10-11-17)18-8-6-7-9-20(18)36-25/h6-9,14,17,23,27,35H,10-13,38H2,1-5H3,(H,31,32)/b24-16+. The van der Waals surface area contributed by atoms with Gasteiger partial charge in [-0.25, -0.2) is 9.37 Å². The molecule has 0 bridgehead atoms. The summed E-state index contributed by atoms with van der Waals surface area (Å²) in [7, 11) is 2.08. The van der Waals surface area contributed by atoms with E-state index in [9.17, 15) is 14.3 Å². The van der Waals surface area contributed by atoms with E-state index >= 15 is 0 Å². The summed E-state index contributed by atoms with van der Waals surface area (Å²) in [4.78, 5) is 23.8. The van der Waals surface area contributed by atoms with Crippen LogP contribution in [0.4, 0.5) is 4.39 Å². The van der Waals surface area contributed by atoms with E-state index in [4.69, 9.17) is 9.15 Å². The first-order valence-electron chi connectivity index (χ1n) is 13.0. The third-order valence-electron chi connectivity index (χ3n) is 7.26. The highest BCUT2D eigenvalue weighted by atomic mass is 31.0. The Balaban J connectivity index is 1.65. The van der Waals surface area contributed by atoms with E-state index < -0.39 is 23.5 Å². The minimum atomic E-state index is -1.51. The van der Waals surface area contributed by atoms with Crippen LogP contribution in [0.15, 0.2) is 57.7 Å². The molecule has 2 N–H and O–H groups in total. The number of H-pyrrole nitrogens is 1. The molecule has 1 amide bonds. The van der Waals surface area contributed by atoms with Crippen LogP contribution in [0.2, 0.25) is 0 Å². The number of carbonyl (C=O) groups excluding carboxylic acids is 1. The largest absolute Gasteiger partial charge is 0.458 e. The number of alkyl halides is 1. The second-order valence-corrected chi connectivity index (χ2v) is 11.6. The predicted octanol–water partition coefficient (Wildman–Crippen LogP) is 6.03. The summed E-state index contributed by atoms with van der Waals surface area (Å²) in [5.74, 6) is -0.860. The van der Waals surface area contributed by atoms with Crippen LogP contribution in [0.3, 0.4) is 0 Å². The van der Waals surface area contributed by atoms with Crippen LogP contribution < -0.4 is 0 Å². The SMILES string of the molecule is CC(C)=C(O/C(C(=O)N1CCc2[nH]cnc2C1c1oc2ccccc2c1C1CC1)=C(\C)C(F)P)C(C)(C)O. The zero-order valence-corrected chi connectivity index (χ0v) is 23.6. The Morgan fingerprint density at radius 2 is 2.00 bits per heavy atom. The first kappa shape index (κ1) is 26.6. The smallest absolute Gasteiger partial charge is 0.290 e. The van der Waals surface area contributed by atoms with Crippen LogP contribution in [-0.2, 0) is 16.0 Å². The van der Waals surface area contributed by atoms with Crippen molar-refractivity contribution in [2.75, 3.05) is 6.54 Å². The number of fused-ring (bicyclic) bond motifs is 2. The Bertz CT molecular complexity index is 1440. The maximum atomic E-state index is 14.7. The van der Waals surface area contributed by atoms with E-state index in [0.29, 0.717) is 30.2 Å². The topological polar surface area (TPSA) is 91.6 Å². The van der Waals surface area contributed by atoms with Crippen LogP contribution in [-0.4, -0.2) is 43.9 Å². The molecule has 202 valence electrons. The van der Waals surface area contributed by atoms with Crippen LogP contribution in [0, 0.1) is 0 Å². The second kappa shape index (κ2) is 9.97. The van der Waals surface area contributed by atoms with Crippen molar-refractivity contribution in [1.29, 1.82) is 0 Å². The summed E-state index contributed by atoms with van der Waals surface area (Å²) >= 11 is 0. The molecule has 3 unspecified atom stereocenters. The molecule has 0 spiro atoms. The van der Waals surface area contributed by atoms with E-state index in [-0.39, 0.29) is 17.1 Å². The van der Waals surface area contributed by atoms with Gasteiger partial charge in [-0.05, 0) is 65.0 Å². The molecule has 38 heavy (non-hydrogen) atoms. The summed E-state index contributed by atoms with van der Waals surface area (Å²) in [6, 6.07) is 7.32.